The van der Waals surface area contributed by atoms with Crippen molar-refractivity contribution in [3.8, 4) is 0 Å². The molecule has 0 aliphatic carbocycles. The maximum absolute atomic E-state index is 11.5. The van der Waals surface area contributed by atoms with E-state index in [1.165, 1.54) is 18.4 Å². The highest BCUT2D eigenvalue weighted by Crippen LogP contribution is 2.19. The Balaban J connectivity index is 1.62. The molecule has 0 saturated carbocycles. The van der Waals surface area contributed by atoms with E-state index in [1.807, 2.05) is 6.20 Å². The van der Waals surface area contributed by atoms with Crippen molar-refractivity contribution in [3.63, 3.8) is 0 Å². The molecular weight excluding hydrogens is 264 g/mol. The van der Waals surface area contributed by atoms with Crippen LogP contribution in [0.1, 0.15) is 31.7 Å². The summed E-state index contributed by atoms with van der Waals surface area (Å²) in [5.41, 5.74) is 1.22. The van der Waals surface area contributed by atoms with Crippen LogP contribution in [0.3, 0.4) is 0 Å². The molecule has 3 rings (SSSR count). The molecule has 2 aliphatic heterocycles. The average molecular weight is 288 g/mol. The number of hydrogen-bond acceptors (Lipinski definition) is 4. The predicted molar refractivity (Wildman–Crippen MR) is 83.2 cm³/mol. The van der Waals surface area contributed by atoms with Crippen molar-refractivity contribution >= 4 is 11.7 Å². The van der Waals surface area contributed by atoms with Crippen LogP contribution in [0.2, 0.25) is 0 Å². The summed E-state index contributed by atoms with van der Waals surface area (Å²) in [5.74, 6) is 1.25. The minimum atomic E-state index is 0.160. The number of carbonyl (C=O) groups is 1. The van der Waals surface area contributed by atoms with Gasteiger partial charge in [0.05, 0.1) is 0 Å². The van der Waals surface area contributed by atoms with Crippen molar-refractivity contribution in [3.05, 3.63) is 23.9 Å². The Hall–Kier alpha value is -1.62. The molecule has 1 unspecified atom stereocenters. The molecule has 21 heavy (non-hydrogen) atoms. The van der Waals surface area contributed by atoms with Gasteiger partial charge in [0.25, 0.3) is 0 Å². The fourth-order valence-corrected chi connectivity index (χ4v) is 3.14. The molecule has 0 aromatic carbocycles. The monoisotopic (exact) mass is 288 g/mol. The van der Waals surface area contributed by atoms with Crippen LogP contribution in [0.5, 0.6) is 0 Å². The Morgan fingerprint density at radius 3 is 2.81 bits per heavy atom. The average Bonchev–Trinajstić information content (AvgIpc) is 2.96. The molecule has 3 heterocycles. The Morgan fingerprint density at radius 2 is 2.10 bits per heavy atom. The largest absolute Gasteiger partial charge is 0.357 e. The van der Waals surface area contributed by atoms with Gasteiger partial charge in [-0.25, -0.2) is 4.98 Å². The van der Waals surface area contributed by atoms with Crippen LogP contribution in [-0.4, -0.2) is 48.0 Å². The first-order valence-electron chi connectivity index (χ1n) is 7.93. The molecule has 114 valence electrons. The van der Waals surface area contributed by atoms with Gasteiger partial charge in [-0.3, -0.25) is 9.69 Å². The van der Waals surface area contributed by atoms with Crippen LogP contribution in [0.4, 0.5) is 5.82 Å². The SMILES string of the molecule is CC1CC(=O)NCCN1Cc1ccc(N2CCCC2)nc1. The second kappa shape index (κ2) is 6.43. The van der Waals surface area contributed by atoms with Gasteiger partial charge < -0.3 is 10.2 Å². The molecule has 0 spiro atoms. The minimum absolute atomic E-state index is 0.160. The van der Waals surface area contributed by atoms with Crippen molar-refractivity contribution in [2.24, 2.45) is 0 Å². The Labute approximate surface area is 126 Å². The van der Waals surface area contributed by atoms with E-state index in [-0.39, 0.29) is 11.9 Å². The van der Waals surface area contributed by atoms with Gasteiger partial charge in [0.15, 0.2) is 0 Å². The second-order valence-electron chi connectivity index (χ2n) is 6.09. The summed E-state index contributed by atoms with van der Waals surface area (Å²) in [6.07, 6.45) is 5.12. The zero-order valence-electron chi connectivity index (χ0n) is 12.7. The van der Waals surface area contributed by atoms with Crippen LogP contribution in [0, 0.1) is 0 Å². The third kappa shape index (κ3) is 3.53. The van der Waals surface area contributed by atoms with E-state index in [9.17, 15) is 4.79 Å². The molecule has 2 fully saturated rings. The molecule has 1 N–H and O–H groups in total. The number of rotatable bonds is 3. The second-order valence-corrected chi connectivity index (χ2v) is 6.09. The van der Waals surface area contributed by atoms with Crippen LogP contribution < -0.4 is 10.2 Å². The first-order chi connectivity index (χ1) is 10.2. The highest BCUT2D eigenvalue weighted by Gasteiger charge is 2.21. The van der Waals surface area contributed by atoms with Crippen molar-refractivity contribution in [2.75, 3.05) is 31.1 Å². The van der Waals surface area contributed by atoms with Crippen molar-refractivity contribution in [2.45, 2.75) is 38.8 Å². The summed E-state index contributed by atoms with van der Waals surface area (Å²) in [4.78, 5) is 20.8. The zero-order chi connectivity index (χ0) is 14.7. The summed E-state index contributed by atoms with van der Waals surface area (Å²) in [6, 6.07) is 4.59. The Morgan fingerprint density at radius 1 is 1.29 bits per heavy atom. The molecule has 0 radical (unpaired) electrons. The molecule has 1 aromatic heterocycles. The van der Waals surface area contributed by atoms with Crippen LogP contribution in [-0.2, 0) is 11.3 Å². The summed E-state index contributed by atoms with van der Waals surface area (Å²) >= 11 is 0. The van der Waals surface area contributed by atoms with E-state index >= 15 is 0 Å². The van der Waals surface area contributed by atoms with Crippen molar-refractivity contribution in [1.82, 2.24) is 15.2 Å². The minimum Gasteiger partial charge on any atom is -0.357 e. The summed E-state index contributed by atoms with van der Waals surface area (Å²) in [5, 5.41) is 2.93. The fraction of sp³-hybridized carbons (Fsp3) is 0.625. The molecule has 2 aliphatic rings. The van der Waals surface area contributed by atoms with E-state index < -0.39 is 0 Å². The number of amides is 1. The van der Waals surface area contributed by atoms with Gasteiger partial charge in [-0.15, -0.1) is 0 Å². The van der Waals surface area contributed by atoms with Crippen LogP contribution >= 0.6 is 0 Å². The van der Waals surface area contributed by atoms with Gasteiger partial charge in [0.2, 0.25) is 5.91 Å². The number of aromatic nitrogens is 1. The van der Waals surface area contributed by atoms with Crippen molar-refractivity contribution < 1.29 is 4.79 Å². The molecular formula is C16H24N4O. The molecule has 1 aromatic rings. The van der Waals surface area contributed by atoms with Crippen LogP contribution in [0.25, 0.3) is 0 Å². The first-order valence-corrected chi connectivity index (χ1v) is 7.93. The predicted octanol–water partition coefficient (Wildman–Crippen LogP) is 1.39. The topological polar surface area (TPSA) is 48.5 Å². The van der Waals surface area contributed by atoms with E-state index in [4.69, 9.17) is 0 Å². The highest BCUT2D eigenvalue weighted by atomic mass is 16.1. The first kappa shape index (κ1) is 14.3. The number of nitrogens with zero attached hydrogens (tertiary/aromatic N) is 3. The number of carbonyl (C=O) groups excluding carboxylic acids is 1. The maximum atomic E-state index is 11.5. The third-order valence-corrected chi connectivity index (χ3v) is 4.45. The summed E-state index contributed by atoms with van der Waals surface area (Å²) in [7, 11) is 0. The zero-order valence-corrected chi connectivity index (χ0v) is 12.7. The lowest BCUT2D eigenvalue weighted by Crippen LogP contribution is -2.33. The van der Waals surface area contributed by atoms with Gasteiger partial charge in [0.1, 0.15) is 5.82 Å². The van der Waals surface area contributed by atoms with E-state index in [2.05, 4.69) is 39.2 Å². The van der Waals surface area contributed by atoms with E-state index in [1.54, 1.807) is 0 Å². The molecule has 5 nitrogen and oxygen atoms in total. The van der Waals surface area contributed by atoms with Crippen molar-refractivity contribution in [1.29, 1.82) is 0 Å². The molecule has 2 saturated heterocycles. The highest BCUT2D eigenvalue weighted by molar-refractivity contribution is 5.76. The number of anilines is 1. The lowest BCUT2D eigenvalue weighted by Gasteiger charge is -2.26. The van der Waals surface area contributed by atoms with Crippen LogP contribution in [0.15, 0.2) is 18.3 Å². The lowest BCUT2D eigenvalue weighted by molar-refractivity contribution is -0.121. The number of hydrogen-bond donors (Lipinski definition) is 1. The molecule has 0 bridgehead atoms. The summed E-state index contributed by atoms with van der Waals surface area (Å²) in [6.45, 7) is 6.89. The van der Waals surface area contributed by atoms with Gasteiger partial charge in [-0.05, 0) is 31.4 Å². The van der Waals surface area contributed by atoms with Gasteiger partial charge in [-0.1, -0.05) is 6.07 Å². The standard InChI is InChI=1S/C16H24N4O/c1-13-10-16(21)17-6-9-20(13)12-14-4-5-15(18-11-14)19-7-2-3-8-19/h4-5,11,13H,2-3,6-10,12H2,1H3,(H,17,21). The smallest absolute Gasteiger partial charge is 0.221 e. The molecule has 1 atom stereocenters. The van der Waals surface area contributed by atoms with Gasteiger partial charge in [-0.2, -0.15) is 0 Å². The number of pyridine rings is 1. The van der Waals surface area contributed by atoms with E-state index in [0.29, 0.717) is 6.42 Å². The maximum Gasteiger partial charge on any atom is 0.221 e. The third-order valence-electron chi connectivity index (χ3n) is 4.45. The van der Waals surface area contributed by atoms with Gasteiger partial charge >= 0.3 is 0 Å². The molecule has 5 heteroatoms. The quantitative estimate of drug-likeness (QED) is 0.913. The van der Waals surface area contributed by atoms with Gasteiger partial charge in [0, 0.05) is 51.4 Å². The molecule has 1 amide bonds. The Kier molecular flexibility index (Phi) is 4.39. The number of nitrogens with one attached hydrogen (secondary N) is 1. The lowest BCUT2D eigenvalue weighted by atomic mass is 10.1. The fourth-order valence-electron chi connectivity index (χ4n) is 3.14. The Bertz CT molecular complexity index is 482. The normalized spacial score (nSPS) is 24.0. The summed E-state index contributed by atoms with van der Waals surface area (Å²) < 4.78 is 0. The van der Waals surface area contributed by atoms with E-state index in [0.717, 1.165) is 38.5 Å².